The first-order valence-electron chi connectivity index (χ1n) is 6.96. The lowest BCUT2D eigenvalue weighted by Crippen LogP contribution is -2.12. The van der Waals surface area contributed by atoms with Crippen LogP contribution in [0.15, 0.2) is 18.3 Å². The summed E-state index contributed by atoms with van der Waals surface area (Å²) < 4.78 is 7.27. The zero-order valence-electron chi connectivity index (χ0n) is 12.3. The van der Waals surface area contributed by atoms with Gasteiger partial charge >= 0.3 is 0 Å². The number of ketones is 1. The van der Waals surface area contributed by atoms with Crippen molar-refractivity contribution < 1.29 is 14.3 Å². The van der Waals surface area contributed by atoms with Crippen molar-refractivity contribution in [3.05, 3.63) is 29.7 Å². The van der Waals surface area contributed by atoms with E-state index in [1.165, 1.54) is 0 Å². The van der Waals surface area contributed by atoms with Gasteiger partial charge in [-0.1, -0.05) is 0 Å². The van der Waals surface area contributed by atoms with Crippen LogP contribution in [0, 0.1) is 6.92 Å². The van der Waals surface area contributed by atoms with Crippen LogP contribution in [-0.4, -0.2) is 27.7 Å². The Labute approximate surface area is 122 Å². The number of pyridine rings is 1. The zero-order chi connectivity index (χ0) is 15.4. The number of rotatable bonds is 7. The van der Waals surface area contributed by atoms with Gasteiger partial charge in [-0.15, -0.1) is 0 Å². The van der Waals surface area contributed by atoms with Crippen molar-refractivity contribution in [2.45, 2.75) is 33.1 Å². The van der Waals surface area contributed by atoms with Crippen LogP contribution in [0.2, 0.25) is 0 Å². The summed E-state index contributed by atoms with van der Waals surface area (Å²) in [7, 11) is 0. The van der Waals surface area contributed by atoms with Gasteiger partial charge in [0.1, 0.15) is 5.69 Å². The first-order chi connectivity index (χ1) is 10.0. The van der Waals surface area contributed by atoms with Gasteiger partial charge in [-0.3, -0.25) is 14.0 Å². The Balaban J connectivity index is 2.31. The minimum atomic E-state index is -0.392. The average molecular weight is 289 g/mol. The molecule has 21 heavy (non-hydrogen) atoms. The fourth-order valence-corrected chi connectivity index (χ4v) is 2.30. The van der Waals surface area contributed by atoms with Gasteiger partial charge in [-0.2, -0.15) is 0 Å². The number of hydrogen-bond donors (Lipinski definition) is 1. The zero-order valence-corrected chi connectivity index (χ0v) is 12.3. The summed E-state index contributed by atoms with van der Waals surface area (Å²) >= 11 is 0. The van der Waals surface area contributed by atoms with Gasteiger partial charge in [0.2, 0.25) is 5.91 Å². The van der Waals surface area contributed by atoms with Gasteiger partial charge < -0.3 is 10.5 Å². The fraction of sp³-hybridized carbons (Fsp3) is 0.400. The molecule has 0 aliphatic heterocycles. The Morgan fingerprint density at radius 3 is 2.81 bits per heavy atom. The Bertz CT molecular complexity index is 676. The second kappa shape index (κ2) is 6.39. The second-order valence-electron chi connectivity index (χ2n) is 4.79. The number of Topliss-reactive ketones (excluding diaryl/α,β-unsaturated/α-hetero) is 1. The predicted molar refractivity (Wildman–Crippen MR) is 78.5 cm³/mol. The topological polar surface area (TPSA) is 86.7 Å². The summed E-state index contributed by atoms with van der Waals surface area (Å²) in [6.45, 7) is 4.23. The molecule has 6 nitrogen and oxygen atoms in total. The summed E-state index contributed by atoms with van der Waals surface area (Å²) in [6, 6.07) is 3.64. The van der Waals surface area contributed by atoms with E-state index in [1.54, 1.807) is 17.5 Å². The maximum absolute atomic E-state index is 12.3. The molecule has 0 saturated carbocycles. The van der Waals surface area contributed by atoms with Crippen molar-refractivity contribution >= 4 is 17.3 Å². The molecular formula is C15H19N3O3. The number of nitrogens with two attached hydrogens (primary N) is 1. The van der Waals surface area contributed by atoms with Gasteiger partial charge in [0.15, 0.2) is 17.2 Å². The number of amides is 1. The molecule has 0 aromatic carbocycles. The van der Waals surface area contributed by atoms with E-state index < -0.39 is 5.91 Å². The van der Waals surface area contributed by atoms with E-state index >= 15 is 0 Å². The van der Waals surface area contributed by atoms with Crippen molar-refractivity contribution in [3.8, 4) is 5.75 Å². The lowest BCUT2D eigenvalue weighted by atomic mass is 10.1. The number of nitrogens with zero attached hydrogens (tertiary/aromatic N) is 2. The highest BCUT2D eigenvalue weighted by Gasteiger charge is 2.18. The first-order valence-corrected chi connectivity index (χ1v) is 6.96. The summed E-state index contributed by atoms with van der Waals surface area (Å²) in [5, 5.41) is 0. The quantitative estimate of drug-likeness (QED) is 0.788. The van der Waals surface area contributed by atoms with Crippen molar-refractivity contribution in [2.75, 3.05) is 6.61 Å². The molecule has 2 rings (SSSR count). The van der Waals surface area contributed by atoms with Crippen LogP contribution in [0.4, 0.5) is 0 Å². The molecule has 0 aliphatic rings. The Morgan fingerprint density at radius 1 is 1.38 bits per heavy atom. The molecule has 0 aliphatic carbocycles. The number of carbonyl (C=O) groups excluding carboxylic acids is 2. The maximum Gasteiger partial charge on any atom is 0.217 e. The van der Waals surface area contributed by atoms with Crippen molar-refractivity contribution in [3.63, 3.8) is 0 Å². The number of carbonyl (C=O) groups is 2. The Hall–Kier alpha value is -2.37. The molecule has 0 atom stereocenters. The van der Waals surface area contributed by atoms with Gasteiger partial charge in [-0.25, -0.2) is 4.98 Å². The van der Waals surface area contributed by atoms with Crippen LogP contribution in [-0.2, 0) is 4.79 Å². The van der Waals surface area contributed by atoms with E-state index in [0.717, 1.165) is 0 Å². The summed E-state index contributed by atoms with van der Waals surface area (Å²) in [4.78, 5) is 27.5. The number of imidazole rings is 1. The number of primary amides is 1. The molecule has 0 spiro atoms. The SMILES string of the molecule is CCOc1cccn2c(C(=O)CCCC(N)=O)c(C)nc12. The molecule has 2 aromatic heterocycles. The molecule has 2 heterocycles. The summed E-state index contributed by atoms with van der Waals surface area (Å²) in [5.41, 5.74) is 6.92. The molecule has 2 N–H and O–H groups in total. The van der Waals surface area contributed by atoms with Gasteiger partial charge in [-0.05, 0) is 32.4 Å². The third-order valence-corrected chi connectivity index (χ3v) is 3.18. The lowest BCUT2D eigenvalue weighted by molar-refractivity contribution is -0.118. The van der Waals surface area contributed by atoms with Crippen LogP contribution in [0.25, 0.3) is 5.65 Å². The molecule has 0 bridgehead atoms. The molecule has 1 amide bonds. The third-order valence-electron chi connectivity index (χ3n) is 3.18. The minimum absolute atomic E-state index is 0.0464. The van der Waals surface area contributed by atoms with Crippen LogP contribution in [0.1, 0.15) is 42.4 Å². The monoisotopic (exact) mass is 289 g/mol. The first kappa shape index (κ1) is 15.0. The largest absolute Gasteiger partial charge is 0.490 e. The number of aryl methyl sites for hydroxylation is 1. The van der Waals surface area contributed by atoms with E-state index in [0.29, 0.717) is 35.8 Å². The van der Waals surface area contributed by atoms with Crippen molar-refractivity contribution in [1.82, 2.24) is 9.38 Å². The lowest BCUT2D eigenvalue weighted by Gasteiger charge is -2.05. The average Bonchev–Trinajstić information content (AvgIpc) is 2.75. The van der Waals surface area contributed by atoms with Gasteiger partial charge in [0, 0.05) is 19.0 Å². The van der Waals surface area contributed by atoms with Crippen LogP contribution < -0.4 is 10.5 Å². The fourth-order valence-electron chi connectivity index (χ4n) is 2.30. The molecule has 0 fully saturated rings. The van der Waals surface area contributed by atoms with Crippen molar-refractivity contribution in [1.29, 1.82) is 0 Å². The van der Waals surface area contributed by atoms with Crippen LogP contribution >= 0.6 is 0 Å². The standard InChI is InChI=1S/C15H19N3O3/c1-3-21-12-7-5-9-18-14(10(2)17-15(12)18)11(19)6-4-8-13(16)20/h5,7,9H,3-4,6,8H2,1-2H3,(H2,16,20). The Kier molecular flexibility index (Phi) is 4.57. The van der Waals surface area contributed by atoms with Gasteiger partial charge in [0.25, 0.3) is 0 Å². The predicted octanol–water partition coefficient (Wildman–Crippen LogP) is 1.88. The number of aromatic nitrogens is 2. The van der Waals surface area contributed by atoms with E-state index in [-0.39, 0.29) is 18.6 Å². The Morgan fingerprint density at radius 2 is 2.14 bits per heavy atom. The second-order valence-corrected chi connectivity index (χ2v) is 4.79. The smallest absolute Gasteiger partial charge is 0.217 e. The maximum atomic E-state index is 12.3. The molecule has 112 valence electrons. The van der Waals surface area contributed by atoms with Crippen LogP contribution in [0.3, 0.4) is 0 Å². The highest BCUT2D eigenvalue weighted by atomic mass is 16.5. The highest BCUT2D eigenvalue weighted by molar-refractivity contribution is 5.96. The molecular weight excluding hydrogens is 270 g/mol. The number of fused-ring (bicyclic) bond motifs is 1. The molecule has 6 heteroatoms. The number of hydrogen-bond acceptors (Lipinski definition) is 4. The molecule has 0 unspecified atom stereocenters. The van der Waals surface area contributed by atoms with E-state index in [2.05, 4.69) is 4.98 Å². The minimum Gasteiger partial charge on any atom is -0.490 e. The van der Waals surface area contributed by atoms with E-state index in [4.69, 9.17) is 10.5 Å². The molecule has 0 radical (unpaired) electrons. The van der Waals surface area contributed by atoms with E-state index in [1.807, 2.05) is 19.1 Å². The summed E-state index contributed by atoms with van der Waals surface area (Å²) in [6.07, 6.45) is 2.73. The molecule has 2 aromatic rings. The summed E-state index contributed by atoms with van der Waals surface area (Å²) in [5.74, 6) is 0.213. The van der Waals surface area contributed by atoms with Crippen molar-refractivity contribution in [2.24, 2.45) is 5.73 Å². The normalized spacial score (nSPS) is 10.8. The highest BCUT2D eigenvalue weighted by Crippen LogP contribution is 2.23. The van der Waals surface area contributed by atoms with Crippen LogP contribution in [0.5, 0.6) is 5.75 Å². The van der Waals surface area contributed by atoms with Gasteiger partial charge in [0.05, 0.1) is 12.3 Å². The molecule has 0 saturated heterocycles. The third kappa shape index (κ3) is 3.21. The van der Waals surface area contributed by atoms with E-state index in [9.17, 15) is 9.59 Å². The number of ether oxygens (including phenoxy) is 1.